The second-order valence-electron chi connectivity index (χ2n) is 4.28. The molecule has 2 rings (SSSR count). The lowest BCUT2D eigenvalue weighted by atomic mass is 10.1. The van der Waals surface area contributed by atoms with Gasteiger partial charge in [0.1, 0.15) is 5.82 Å². The minimum atomic E-state index is -0.182. The maximum atomic E-state index is 13.5. The van der Waals surface area contributed by atoms with E-state index in [1.807, 2.05) is 0 Å². The fourth-order valence-corrected chi connectivity index (χ4v) is 2.53. The second-order valence-corrected chi connectivity index (χ2v) is 5.02. The van der Waals surface area contributed by atoms with Crippen LogP contribution < -0.4 is 0 Å². The topological polar surface area (TPSA) is 3.24 Å². The highest BCUT2D eigenvalue weighted by Crippen LogP contribution is 2.22. The van der Waals surface area contributed by atoms with Gasteiger partial charge in [-0.3, -0.25) is 4.90 Å². The molecule has 0 amide bonds. The molecule has 0 radical (unpaired) electrons. The van der Waals surface area contributed by atoms with E-state index in [0.717, 1.165) is 19.5 Å². The third-order valence-corrected chi connectivity index (χ3v) is 3.66. The number of rotatable bonds is 3. The molecule has 1 nitrogen and oxygen atoms in total. The van der Waals surface area contributed by atoms with Gasteiger partial charge in [0.15, 0.2) is 0 Å². The first-order valence-corrected chi connectivity index (χ1v) is 6.32. The summed E-state index contributed by atoms with van der Waals surface area (Å²) in [5.41, 5.74) is 0.669. The predicted molar refractivity (Wildman–Crippen MR) is 65.5 cm³/mol. The second kappa shape index (κ2) is 5.35. The highest BCUT2D eigenvalue weighted by molar-refractivity contribution is 6.30. The zero-order valence-corrected chi connectivity index (χ0v) is 10.4. The molecule has 4 heteroatoms. The van der Waals surface area contributed by atoms with E-state index >= 15 is 0 Å². The van der Waals surface area contributed by atoms with Crippen LogP contribution in [0.25, 0.3) is 0 Å². The van der Waals surface area contributed by atoms with Gasteiger partial charge in [-0.2, -0.15) is 0 Å². The Morgan fingerprint density at radius 3 is 2.94 bits per heavy atom. The van der Waals surface area contributed by atoms with Crippen molar-refractivity contribution in [2.24, 2.45) is 5.92 Å². The largest absolute Gasteiger partial charge is 0.299 e. The van der Waals surface area contributed by atoms with Gasteiger partial charge in [-0.25, -0.2) is 4.39 Å². The lowest BCUT2D eigenvalue weighted by Gasteiger charge is -2.16. The van der Waals surface area contributed by atoms with Crippen LogP contribution in [-0.4, -0.2) is 23.9 Å². The molecule has 1 saturated heterocycles. The standard InChI is InChI=1S/C12H14Cl2FN/c13-6-9-3-4-16(7-9)8-10-5-11(14)1-2-12(10)15/h1-2,5,9H,3-4,6-8H2. The average molecular weight is 262 g/mol. The maximum absolute atomic E-state index is 13.5. The molecule has 1 aliphatic heterocycles. The summed E-state index contributed by atoms with van der Waals surface area (Å²) in [5.74, 6) is 1.05. The van der Waals surface area contributed by atoms with Crippen LogP contribution in [0.15, 0.2) is 18.2 Å². The van der Waals surface area contributed by atoms with E-state index in [-0.39, 0.29) is 5.82 Å². The molecule has 1 fully saturated rings. The molecule has 0 N–H and O–H groups in total. The summed E-state index contributed by atoms with van der Waals surface area (Å²) in [6.45, 7) is 2.57. The number of hydrogen-bond acceptors (Lipinski definition) is 1. The zero-order valence-electron chi connectivity index (χ0n) is 8.93. The molecule has 0 bridgehead atoms. The van der Waals surface area contributed by atoms with Crippen molar-refractivity contribution in [1.82, 2.24) is 4.90 Å². The Morgan fingerprint density at radius 2 is 2.25 bits per heavy atom. The van der Waals surface area contributed by atoms with Crippen LogP contribution in [0.2, 0.25) is 5.02 Å². The molecule has 1 heterocycles. The smallest absolute Gasteiger partial charge is 0.127 e. The molecule has 0 aromatic heterocycles. The van der Waals surface area contributed by atoms with Gasteiger partial charge in [-0.15, -0.1) is 11.6 Å². The first-order valence-electron chi connectivity index (χ1n) is 5.41. The monoisotopic (exact) mass is 261 g/mol. The van der Waals surface area contributed by atoms with Gasteiger partial charge in [0, 0.05) is 29.6 Å². The molecule has 0 spiro atoms. The van der Waals surface area contributed by atoms with Crippen LogP contribution in [0.1, 0.15) is 12.0 Å². The molecule has 1 aliphatic rings. The number of alkyl halides is 1. The molecule has 16 heavy (non-hydrogen) atoms. The van der Waals surface area contributed by atoms with Gasteiger partial charge >= 0.3 is 0 Å². The highest BCUT2D eigenvalue weighted by atomic mass is 35.5. The van der Waals surface area contributed by atoms with E-state index < -0.39 is 0 Å². The number of nitrogens with zero attached hydrogens (tertiary/aromatic N) is 1. The van der Waals surface area contributed by atoms with E-state index in [0.29, 0.717) is 28.9 Å². The van der Waals surface area contributed by atoms with Crippen LogP contribution >= 0.6 is 23.2 Å². The lowest BCUT2D eigenvalue weighted by molar-refractivity contribution is 0.315. The third-order valence-electron chi connectivity index (χ3n) is 2.99. The van der Waals surface area contributed by atoms with E-state index in [2.05, 4.69) is 4.90 Å². The number of benzene rings is 1. The summed E-state index contributed by atoms with van der Waals surface area (Å²) in [6.07, 6.45) is 1.10. The summed E-state index contributed by atoms with van der Waals surface area (Å²) in [4.78, 5) is 2.22. The van der Waals surface area contributed by atoms with Crippen molar-refractivity contribution in [3.8, 4) is 0 Å². The Morgan fingerprint density at radius 1 is 1.44 bits per heavy atom. The number of hydrogen-bond donors (Lipinski definition) is 0. The first kappa shape index (κ1) is 12.2. The van der Waals surface area contributed by atoms with Crippen LogP contribution in [-0.2, 0) is 6.54 Å². The van der Waals surface area contributed by atoms with E-state index in [9.17, 15) is 4.39 Å². The Bertz CT molecular complexity index is 370. The normalized spacial score (nSPS) is 21.6. The van der Waals surface area contributed by atoms with Gasteiger partial charge in [0.05, 0.1) is 0 Å². The van der Waals surface area contributed by atoms with E-state index in [1.54, 1.807) is 12.1 Å². The maximum Gasteiger partial charge on any atom is 0.127 e. The molecule has 1 unspecified atom stereocenters. The van der Waals surface area contributed by atoms with Crippen molar-refractivity contribution < 1.29 is 4.39 Å². The summed E-state index contributed by atoms with van der Waals surface area (Å²) >= 11 is 11.7. The fourth-order valence-electron chi connectivity index (χ4n) is 2.09. The summed E-state index contributed by atoms with van der Waals surface area (Å²) in [6, 6.07) is 4.70. The zero-order chi connectivity index (χ0) is 11.5. The summed E-state index contributed by atoms with van der Waals surface area (Å²) < 4.78 is 13.5. The van der Waals surface area contributed by atoms with E-state index in [4.69, 9.17) is 23.2 Å². The van der Waals surface area contributed by atoms with Gasteiger partial charge < -0.3 is 0 Å². The van der Waals surface area contributed by atoms with Gasteiger partial charge in [0.25, 0.3) is 0 Å². The molecule has 1 aromatic rings. The van der Waals surface area contributed by atoms with Crippen LogP contribution in [0, 0.1) is 11.7 Å². The minimum Gasteiger partial charge on any atom is -0.299 e. The molecule has 88 valence electrons. The van der Waals surface area contributed by atoms with Crippen LogP contribution in [0.3, 0.4) is 0 Å². The first-order chi connectivity index (χ1) is 7.69. The van der Waals surface area contributed by atoms with Crippen molar-refractivity contribution >= 4 is 23.2 Å². The Kier molecular flexibility index (Phi) is 4.06. The number of halogens is 3. The molecular formula is C12H14Cl2FN. The summed E-state index contributed by atoms with van der Waals surface area (Å²) in [7, 11) is 0. The van der Waals surface area contributed by atoms with Crippen molar-refractivity contribution in [1.29, 1.82) is 0 Å². The number of likely N-dealkylation sites (tertiary alicyclic amines) is 1. The van der Waals surface area contributed by atoms with Gasteiger partial charge in [0.2, 0.25) is 0 Å². The third kappa shape index (κ3) is 2.88. The van der Waals surface area contributed by atoms with Crippen molar-refractivity contribution in [2.75, 3.05) is 19.0 Å². The van der Waals surface area contributed by atoms with Gasteiger partial charge in [-0.1, -0.05) is 11.6 Å². The van der Waals surface area contributed by atoms with E-state index in [1.165, 1.54) is 6.07 Å². The summed E-state index contributed by atoms with van der Waals surface area (Å²) in [5, 5.41) is 0.587. The fraction of sp³-hybridized carbons (Fsp3) is 0.500. The highest BCUT2D eigenvalue weighted by Gasteiger charge is 2.22. The Hall–Kier alpha value is -0.310. The Labute approximate surface area is 105 Å². The lowest BCUT2D eigenvalue weighted by Crippen LogP contribution is -2.21. The molecule has 0 aliphatic carbocycles. The molecule has 1 atom stereocenters. The Balaban J connectivity index is 2.01. The van der Waals surface area contributed by atoms with Crippen LogP contribution in [0.5, 0.6) is 0 Å². The minimum absolute atomic E-state index is 0.182. The van der Waals surface area contributed by atoms with Gasteiger partial charge in [-0.05, 0) is 37.1 Å². The predicted octanol–water partition coefficient (Wildman–Crippen LogP) is 3.54. The van der Waals surface area contributed by atoms with Crippen LogP contribution in [0.4, 0.5) is 4.39 Å². The van der Waals surface area contributed by atoms with Crippen molar-refractivity contribution in [3.63, 3.8) is 0 Å². The molecule has 0 saturated carbocycles. The van der Waals surface area contributed by atoms with Crippen molar-refractivity contribution in [2.45, 2.75) is 13.0 Å². The van der Waals surface area contributed by atoms with Crippen molar-refractivity contribution in [3.05, 3.63) is 34.6 Å². The SMILES string of the molecule is Fc1ccc(Cl)cc1CN1CCC(CCl)C1. The quantitative estimate of drug-likeness (QED) is 0.753. The average Bonchev–Trinajstić information content (AvgIpc) is 2.71. The molecule has 1 aromatic carbocycles. The molecular weight excluding hydrogens is 248 g/mol.